The normalized spacial score (nSPS) is 16.2. The number of rotatable bonds is 12. The second-order valence-electron chi connectivity index (χ2n) is 9.51. The number of hydrogen-bond acceptors (Lipinski definition) is 6. The van der Waals surface area contributed by atoms with Crippen LogP contribution in [0.4, 0.5) is 4.79 Å². The van der Waals surface area contributed by atoms with Crippen molar-refractivity contribution in [3.8, 4) is 0 Å². The van der Waals surface area contributed by atoms with E-state index in [9.17, 15) is 24.0 Å². The van der Waals surface area contributed by atoms with Crippen molar-refractivity contribution in [3.63, 3.8) is 0 Å². The summed E-state index contributed by atoms with van der Waals surface area (Å²) in [6.07, 6.45) is -0.225. The van der Waals surface area contributed by atoms with E-state index in [2.05, 4.69) is 21.3 Å². The molecular weight excluding hydrogens is 488 g/mol. The number of Topliss-reactive ketones (excluding diaryl/α,β-unsaturated/α-hetero) is 1. The second-order valence-corrected chi connectivity index (χ2v) is 9.51. The van der Waals surface area contributed by atoms with Gasteiger partial charge in [-0.25, -0.2) is 4.79 Å². The molecule has 0 radical (unpaired) electrons. The first-order chi connectivity index (χ1) is 18.2. The van der Waals surface area contributed by atoms with Gasteiger partial charge in [0, 0.05) is 24.9 Å². The number of nitrogens with one attached hydrogen (secondary N) is 4. The maximum atomic E-state index is 13.4. The first-order valence-corrected chi connectivity index (χ1v) is 12.7. The van der Waals surface area contributed by atoms with Gasteiger partial charge in [0.15, 0.2) is 0 Å². The number of carbonyl (C=O) groups is 5. The van der Waals surface area contributed by atoms with Gasteiger partial charge < -0.3 is 26.0 Å². The van der Waals surface area contributed by atoms with Gasteiger partial charge in [0.05, 0.1) is 6.04 Å². The third-order valence-electron chi connectivity index (χ3n) is 6.06. The number of hydrogen-bond donors (Lipinski definition) is 4. The van der Waals surface area contributed by atoms with Crippen molar-refractivity contribution in [3.05, 3.63) is 71.8 Å². The van der Waals surface area contributed by atoms with E-state index < -0.39 is 41.7 Å². The molecule has 3 rings (SSSR count). The van der Waals surface area contributed by atoms with Gasteiger partial charge in [0.2, 0.25) is 17.6 Å². The lowest BCUT2D eigenvalue weighted by atomic mass is 9.94. The first-order valence-electron chi connectivity index (χ1n) is 12.7. The standard InChI is InChI=1S/C28H34N4O6/c1-18(2)30-27(36)24(33)22(16-21-13-14-29-25(21)34)31-26(35)23(15-19-9-5-3-6-10-19)32-28(37)38-17-20-11-7-4-8-12-20/h3-12,18,21-23H,13-17H2,1-2H3,(H,29,34)(H,30,36)(H,31,35)(H,32,37)/t21?,22-,23-/m0/s1. The Morgan fingerprint density at radius 3 is 2.11 bits per heavy atom. The number of amides is 4. The van der Waals surface area contributed by atoms with Crippen molar-refractivity contribution in [2.75, 3.05) is 6.54 Å². The third-order valence-corrected chi connectivity index (χ3v) is 6.06. The Kier molecular flexibility index (Phi) is 10.4. The summed E-state index contributed by atoms with van der Waals surface area (Å²) in [7, 11) is 0. The molecule has 1 unspecified atom stereocenters. The summed E-state index contributed by atoms with van der Waals surface area (Å²) in [6.45, 7) is 3.90. The molecule has 202 valence electrons. The molecule has 0 aromatic heterocycles. The monoisotopic (exact) mass is 522 g/mol. The Morgan fingerprint density at radius 1 is 0.895 bits per heavy atom. The molecule has 3 atom stereocenters. The summed E-state index contributed by atoms with van der Waals surface area (Å²) in [5, 5.41) is 10.4. The Morgan fingerprint density at radius 2 is 1.53 bits per heavy atom. The highest BCUT2D eigenvalue weighted by Gasteiger charge is 2.35. The number of benzene rings is 2. The maximum Gasteiger partial charge on any atom is 0.408 e. The van der Waals surface area contributed by atoms with Crippen LogP contribution in [-0.2, 0) is 36.9 Å². The molecule has 1 saturated heterocycles. The highest BCUT2D eigenvalue weighted by atomic mass is 16.5. The molecule has 1 fully saturated rings. The second kappa shape index (κ2) is 13.9. The summed E-state index contributed by atoms with van der Waals surface area (Å²) in [5.74, 6) is -3.12. The van der Waals surface area contributed by atoms with E-state index in [0.29, 0.717) is 13.0 Å². The molecule has 4 N–H and O–H groups in total. The highest BCUT2D eigenvalue weighted by molar-refractivity contribution is 6.38. The molecule has 1 aliphatic rings. The lowest BCUT2D eigenvalue weighted by Crippen LogP contribution is -2.55. The van der Waals surface area contributed by atoms with E-state index in [1.165, 1.54) is 0 Å². The van der Waals surface area contributed by atoms with Crippen LogP contribution in [0.1, 0.15) is 37.8 Å². The van der Waals surface area contributed by atoms with Gasteiger partial charge in [0.25, 0.3) is 5.91 Å². The molecule has 4 amide bonds. The molecule has 0 saturated carbocycles. The summed E-state index contributed by atoms with van der Waals surface area (Å²) in [6, 6.07) is 15.5. The van der Waals surface area contributed by atoms with Gasteiger partial charge in [-0.1, -0.05) is 60.7 Å². The molecule has 0 aliphatic carbocycles. The van der Waals surface area contributed by atoms with Crippen LogP contribution in [0.3, 0.4) is 0 Å². The molecule has 1 heterocycles. The Labute approximate surface area is 221 Å². The smallest absolute Gasteiger partial charge is 0.408 e. The van der Waals surface area contributed by atoms with Crippen molar-refractivity contribution in [2.24, 2.45) is 5.92 Å². The fourth-order valence-electron chi connectivity index (χ4n) is 4.12. The van der Waals surface area contributed by atoms with Crippen LogP contribution in [0.5, 0.6) is 0 Å². The zero-order valence-electron chi connectivity index (χ0n) is 21.6. The van der Waals surface area contributed by atoms with Crippen LogP contribution in [0.15, 0.2) is 60.7 Å². The van der Waals surface area contributed by atoms with Crippen LogP contribution >= 0.6 is 0 Å². The third kappa shape index (κ3) is 8.72. The van der Waals surface area contributed by atoms with E-state index in [0.717, 1.165) is 11.1 Å². The zero-order chi connectivity index (χ0) is 27.5. The molecule has 0 bridgehead atoms. The SMILES string of the molecule is CC(C)NC(=O)C(=O)[C@H](CC1CCNC1=O)NC(=O)[C@H](Cc1ccccc1)NC(=O)OCc1ccccc1. The van der Waals surface area contributed by atoms with Crippen LogP contribution in [0.25, 0.3) is 0 Å². The Bertz CT molecular complexity index is 1120. The van der Waals surface area contributed by atoms with E-state index in [1.54, 1.807) is 50.2 Å². The topological polar surface area (TPSA) is 143 Å². The van der Waals surface area contributed by atoms with Gasteiger partial charge in [-0.3, -0.25) is 19.2 Å². The number of alkyl carbamates (subject to hydrolysis) is 1. The summed E-state index contributed by atoms with van der Waals surface area (Å²) in [5.41, 5.74) is 1.55. The summed E-state index contributed by atoms with van der Waals surface area (Å²) < 4.78 is 5.29. The fourth-order valence-corrected chi connectivity index (χ4v) is 4.12. The van der Waals surface area contributed by atoms with E-state index in [-0.39, 0.29) is 31.4 Å². The molecule has 10 nitrogen and oxygen atoms in total. The highest BCUT2D eigenvalue weighted by Crippen LogP contribution is 2.17. The van der Waals surface area contributed by atoms with Gasteiger partial charge in [-0.15, -0.1) is 0 Å². The molecular formula is C28H34N4O6. The predicted molar refractivity (Wildman–Crippen MR) is 140 cm³/mol. The summed E-state index contributed by atoms with van der Waals surface area (Å²) >= 11 is 0. The molecule has 38 heavy (non-hydrogen) atoms. The minimum Gasteiger partial charge on any atom is -0.445 e. The Balaban J connectivity index is 1.75. The molecule has 1 aliphatic heterocycles. The average molecular weight is 523 g/mol. The van der Waals surface area contributed by atoms with Gasteiger partial charge in [-0.2, -0.15) is 0 Å². The van der Waals surface area contributed by atoms with Crippen molar-refractivity contribution >= 4 is 29.6 Å². The first kappa shape index (κ1) is 28.4. The van der Waals surface area contributed by atoms with Gasteiger partial charge in [0.1, 0.15) is 12.6 Å². The lowest BCUT2D eigenvalue weighted by Gasteiger charge is -2.24. The van der Waals surface area contributed by atoms with Crippen LogP contribution in [-0.4, -0.2) is 54.3 Å². The lowest BCUT2D eigenvalue weighted by molar-refractivity contribution is -0.141. The largest absolute Gasteiger partial charge is 0.445 e. The van der Waals surface area contributed by atoms with E-state index in [1.807, 2.05) is 24.3 Å². The molecule has 10 heteroatoms. The number of ketones is 1. The van der Waals surface area contributed by atoms with Crippen LogP contribution in [0, 0.1) is 5.92 Å². The molecule has 2 aromatic carbocycles. The van der Waals surface area contributed by atoms with Crippen molar-refractivity contribution < 1.29 is 28.7 Å². The molecule has 2 aromatic rings. The van der Waals surface area contributed by atoms with Crippen molar-refractivity contribution in [1.29, 1.82) is 0 Å². The minimum atomic E-state index is -1.24. The Hall–Kier alpha value is -4.21. The van der Waals surface area contributed by atoms with Crippen LogP contribution < -0.4 is 21.3 Å². The van der Waals surface area contributed by atoms with Crippen LogP contribution in [0.2, 0.25) is 0 Å². The number of ether oxygens (including phenoxy) is 1. The molecule has 0 spiro atoms. The predicted octanol–water partition coefficient (Wildman–Crippen LogP) is 1.63. The zero-order valence-corrected chi connectivity index (χ0v) is 21.6. The quantitative estimate of drug-likeness (QED) is 0.312. The minimum absolute atomic E-state index is 0.0135. The summed E-state index contributed by atoms with van der Waals surface area (Å²) in [4.78, 5) is 63.7. The van der Waals surface area contributed by atoms with E-state index >= 15 is 0 Å². The fraction of sp³-hybridized carbons (Fsp3) is 0.393. The van der Waals surface area contributed by atoms with Crippen molar-refractivity contribution in [1.82, 2.24) is 21.3 Å². The van der Waals surface area contributed by atoms with Crippen molar-refractivity contribution in [2.45, 2.75) is 57.8 Å². The van der Waals surface area contributed by atoms with Gasteiger partial charge in [-0.05, 0) is 37.8 Å². The van der Waals surface area contributed by atoms with Gasteiger partial charge >= 0.3 is 6.09 Å². The van der Waals surface area contributed by atoms with E-state index in [4.69, 9.17) is 4.74 Å². The maximum absolute atomic E-state index is 13.4. The average Bonchev–Trinajstić information content (AvgIpc) is 3.31. The number of carbonyl (C=O) groups excluding carboxylic acids is 5.